The number of alkyl halides is 3. The highest BCUT2D eigenvalue weighted by Gasteiger charge is 2.53. The highest BCUT2D eigenvalue weighted by atomic mass is 19.4. The van der Waals surface area contributed by atoms with Gasteiger partial charge in [-0.25, -0.2) is 0 Å². The summed E-state index contributed by atoms with van der Waals surface area (Å²) in [5.74, 6) is -0.775. The summed E-state index contributed by atoms with van der Waals surface area (Å²) in [5.41, 5.74) is 0.849. The summed E-state index contributed by atoms with van der Waals surface area (Å²) in [5, 5.41) is 3.35. The number of aromatic nitrogens is 2. The lowest BCUT2D eigenvalue weighted by Gasteiger charge is -2.19. The maximum atomic E-state index is 12.8. The number of hydrogen-bond acceptors (Lipinski definition) is 5. The van der Waals surface area contributed by atoms with Gasteiger partial charge in [0.15, 0.2) is 0 Å². The molecule has 6 nitrogen and oxygen atoms in total. The molecular formula is C18H16F3N3O3. The Balaban J connectivity index is 1.31. The number of benzene rings is 1. The van der Waals surface area contributed by atoms with Crippen molar-refractivity contribution < 1.29 is 27.2 Å². The largest absolute Gasteiger partial charge is 0.471 e. The van der Waals surface area contributed by atoms with Gasteiger partial charge < -0.3 is 14.2 Å². The lowest BCUT2D eigenvalue weighted by Crippen LogP contribution is -2.31. The van der Waals surface area contributed by atoms with E-state index in [1.807, 2.05) is 4.90 Å². The monoisotopic (exact) mass is 379 g/mol. The molecule has 0 N–H and O–H groups in total. The first-order chi connectivity index (χ1) is 12.9. The van der Waals surface area contributed by atoms with Gasteiger partial charge in [-0.05, 0) is 25.0 Å². The summed E-state index contributed by atoms with van der Waals surface area (Å²) >= 11 is 0. The third-order valence-electron chi connectivity index (χ3n) is 5.80. The summed E-state index contributed by atoms with van der Waals surface area (Å²) in [6.45, 7) is 1.40. The third kappa shape index (κ3) is 2.72. The lowest BCUT2D eigenvalue weighted by molar-refractivity contribution is -0.159. The number of carbonyl (C=O) groups is 1. The van der Waals surface area contributed by atoms with Gasteiger partial charge in [0.2, 0.25) is 5.82 Å². The Labute approximate surface area is 152 Å². The second-order valence-corrected chi connectivity index (χ2v) is 7.33. The van der Waals surface area contributed by atoms with Gasteiger partial charge in [0.05, 0.1) is 12.2 Å². The molecule has 5 rings (SSSR count). The zero-order chi connectivity index (χ0) is 18.8. The van der Waals surface area contributed by atoms with Crippen molar-refractivity contribution in [2.24, 2.45) is 11.8 Å². The lowest BCUT2D eigenvalue weighted by atomic mass is 9.82. The van der Waals surface area contributed by atoms with Gasteiger partial charge in [0.25, 0.3) is 5.91 Å². The fourth-order valence-electron chi connectivity index (χ4n) is 4.53. The Morgan fingerprint density at radius 2 is 1.70 bits per heavy atom. The van der Waals surface area contributed by atoms with Crippen LogP contribution in [-0.2, 0) is 10.9 Å². The van der Waals surface area contributed by atoms with Gasteiger partial charge in [-0.2, -0.15) is 18.2 Å². The van der Waals surface area contributed by atoms with E-state index in [9.17, 15) is 18.0 Å². The van der Waals surface area contributed by atoms with E-state index >= 15 is 0 Å². The second kappa shape index (κ2) is 5.79. The molecule has 1 aromatic heterocycles. The Morgan fingerprint density at radius 3 is 2.26 bits per heavy atom. The molecule has 0 saturated carbocycles. The Kier molecular flexibility index (Phi) is 3.59. The SMILES string of the molecule is O=C(c1ccc(-c2noc(C(F)(F)F)n2)cc1)N1CC2C3CCC(O3)C2C1. The van der Waals surface area contributed by atoms with Crippen LogP contribution in [0.4, 0.5) is 13.2 Å². The Bertz CT molecular complexity index is 862. The molecule has 4 atom stereocenters. The Morgan fingerprint density at radius 1 is 1.07 bits per heavy atom. The van der Waals surface area contributed by atoms with Gasteiger partial charge in [-0.15, -0.1) is 0 Å². The second-order valence-electron chi connectivity index (χ2n) is 7.33. The molecule has 142 valence electrons. The van der Waals surface area contributed by atoms with Gasteiger partial charge >= 0.3 is 12.1 Å². The molecule has 2 aromatic rings. The average molecular weight is 379 g/mol. The molecule has 0 aliphatic carbocycles. The van der Waals surface area contributed by atoms with Gasteiger partial charge in [-0.1, -0.05) is 17.3 Å². The summed E-state index contributed by atoms with van der Waals surface area (Å²) < 4.78 is 47.8. The van der Waals surface area contributed by atoms with E-state index in [1.54, 1.807) is 12.1 Å². The van der Waals surface area contributed by atoms with Crippen LogP contribution in [0.25, 0.3) is 11.4 Å². The molecule has 0 spiro atoms. The molecule has 3 fully saturated rings. The third-order valence-corrected chi connectivity index (χ3v) is 5.80. The van der Waals surface area contributed by atoms with Crippen LogP contribution >= 0.6 is 0 Å². The number of carbonyl (C=O) groups excluding carboxylic acids is 1. The van der Waals surface area contributed by atoms with Gasteiger partial charge in [0.1, 0.15) is 0 Å². The average Bonchev–Trinajstić information content (AvgIpc) is 3.42. The summed E-state index contributed by atoms with van der Waals surface area (Å²) in [6.07, 6.45) is -1.97. The number of ether oxygens (including phenoxy) is 1. The van der Waals surface area contributed by atoms with Gasteiger partial charge in [0, 0.05) is 36.1 Å². The number of hydrogen-bond donors (Lipinski definition) is 0. The zero-order valence-electron chi connectivity index (χ0n) is 14.1. The van der Waals surface area contributed by atoms with Crippen molar-refractivity contribution in [3.63, 3.8) is 0 Å². The molecule has 1 aromatic carbocycles. The predicted octanol–water partition coefficient (Wildman–Crippen LogP) is 3.00. The van der Waals surface area contributed by atoms with Crippen molar-refractivity contribution in [3.8, 4) is 11.4 Å². The van der Waals surface area contributed by atoms with E-state index < -0.39 is 12.1 Å². The molecule has 3 saturated heterocycles. The molecule has 9 heteroatoms. The van der Waals surface area contributed by atoms with E-state index in [2.05, 4.69) is 14.7 Å². The van der Waals surface area contributed by atoms with Crippen LogP contribution in [0.3, 0.4) is 0 Å². The standard InChI is InChI=1S/C18H16F3N3O3/c19-18(20,21)17-22-15(23-27-17)9-1-3-10(4-2-9)16(25)24-7-11-12(8-24)14-6-5-13(11)26-14/h1-4,11-14H,5-8H2. The molecule has 1 amide bonds. The van der Waals surface area contributed by atoms with Crippen LogP contribution in [0.5, 0.6) is 0 Å². The molecule has 3 aliphatic rings. The van der Waals surface area contributed by atoms with Crippen LogP contribution in [0, 0.1) is 11.8 Å². The minimum Gasteiger partial charge on any atom is -0.374 e. The Hall–Kier alpha value is -2.42. The molecule has 3 aliphatic heterocycles. The molecule has 4 unspecified atom stereocenters. The molecule has 4 heterocycles. The number of nitrogens with zero attached hydrogens (tertiary/aromatic N) is 3. The smallest absolute Gasteiger partial charge is 0.374 e. The topological polar surface area (TPSA) is 68.5 Å². The number of rotatable bonds is 2. The van der Waals surface area contributed by atoms with Crippen LogP contribution in [-0.4, -0.2) is 46.2 Å². The van der Waals surface area contributed by atoms with E-state index in [0.717, 1.165) is 12.8 Å². The van der Waals surface area contributed by atoms with E-state index in [0.29, 0.717) is 36.1 Å². The van der Waals surface area contributed by atoms with Crippen molar-refractivity contribution >= 4 is 5.91 Å². The van der Waals surface area contributed by atoms with E-state index in [4.69, 9.17) is 4.74 Å². The first-order valence-electron chi connectivity index (χ1n) is 8.86. The maximum absolute atomic E-state index is 12.8. The van der Waals surface area contributed by atoms with Crippen molar-refractivity contribution in [1.82, 2.24) is 15.0 Å². The fraction of sp³-hybridized carbons (Fsp3) is 0.500. The van der Waals surface area contributed by atoms with E-state index in [1.165, 1.54) is 12.1 Å². The first-order valence-corrected chi connectivity index (χ1v) is 8.86. The first kappa shape index (κ1) is 16.7. The minimum absolute atomic E-state index is 0.0700. The predicted molar refractivity (Wildman–Crippen MR) is 85.5 cm³/mol. The molecule has 2 bridgehead atoms. The van der Waals surface area contributed by atoms with Crippen LogP contribution in [0.15, 0.2) is 28.8 Å². The van der Waals surface area contributed by atoms with Crippen LogP contribution in [0.1, 0.15) is 29.1 Å². The van der Waals surface area contributed by atoms with Crippen LogP contribution in [0.2, 0.25) is 0 Å². The van der Waals surface area contributed by atoms with Crippen molar-refractivity contribution in [3.05, 3.63) is 35.7 Å². The van der Waals surface area contributed by atoms with Gasteiger partial charge in [-0.3, -0.25) is 4.79 Å². The summed E-state index contributed by atoms with van der Waals surface area (Å²) in [7, 11) is 0. The zero-order valence-corrected chi connectivity index (χ0v) is 14.1. The molecular weight excluding hydrogens is 363 g/mol. The maximum Gasteiger partial charge on any atom is 0.471 e. The summed E-state index contributed by atoms with van der Waals surface area (Å²) in [6, 6.07) is 6.23. The molecule has 0 radical (unpaired) electrons. The number of fused-ring (bicyclic) bond motifs is 5. The number of likely N-dealkylation sites (tertiary alicyclic amines) is 1. The van der Waals surface area contributed by atoms with Crippen molar-refractivity contribution in [2.75, 3.05) is 13.1 Å². The number of amides is 1. The highest BCUT2D eigenvalue weighted by molar-refractivity contribution is 5.94. The molecule has 27 heavy (non-hydrogen) atoms. The quantitative estimate of drug-likeness (QED) is 0.802. The number of halogens is 3. The highest BCUT2D eigenvalue weighted by Crippen LogP contribution is 2.47. The minimum atomic E-state index is -4.68. The van der Waals surface area contributed by atoms with Crippen molar-refractivity contribution in [2.45, 2.75) is 31.2 Å². The summed E-state index contributed by atoms with van der Waals surface area (Å²) in [4.78, 5) is 18.0. The van der Waals surface area contributed by atoms with E-state index in [-0.39, 0.29) is 23.9 Å². The van der Waals surface area contributed by atoms with Crippen molar-refractivity contribution in [1.29, 1.82) is 0 Å². The van der Waals surface area contributed by atoms with Crippen LogP contribution < -0.4 is 0 Å². The normalized spacial score (nSPS) is 29.4. The fourth-order valence-corrected chi connectivity index (χ4v) is 4.53.